The van der Waals surface area contributed by atoms with Crippen molar-refractivity contribution >= 4 is 5.82 Å². The summed E-state index contributed by atoms with van der Waals surface area (Å²) in [5.74, 6) is 1.96. The number of aryl methyl sites for hydroxylation is 1. The topological polar surface area (TPSA) is 25.4 Å². The average Bonchev–Trinajstić information content (AvgIpc) is 2.47. The minimum absolute atomic E-state index is 0.348. The third kappa shape index (κ3) is 3.29. The summed E-state index contributed by atoms with van der Waals surface area (Å²) in [5.41, 5.74) is 2.26. The van der Waals surface area contributed by atoms with Gasteiger partial charge in [0.25, 0.3) is 0 Å². The fraction of sp³-hybridized carbons (Fsp3) is 0.353. The zero-order valence-electron chi connectivity index (χ0n) is 12.6. The fourth-order valence-corrected chi connectivity index (χ4v) is 2.28. The van der Waals surface area contributed by atoms with Crippen LogP contribution in [0.25, 0.3) is 0 Å². The minimum atomic E-state index is 0.348. The van der Waals surface area contributed by atoms with E-state index < -0.39 is 0 Å². The molecule has 0 radical (unpaired) electrons. The number of hydrogen-bond donors (Lipinski definition) is 0. The zero-order valence-corrected chi connectivity index (χ0v) is 12.6. The van der Waals surface area contributed by atoms with Crippen LogP contribution in [0.2, 0.25) is 0 Å². The second-order valence-corrected chi connectivity index (χ2v) is 5.11. The van der Waals surface area contributed by atoms with Crippen molar-refractivity contribution in [3.63, 3.8) is 0 Å². The summed E-state index contributed by atoms with van der Waals surface area (Å²) >= 11 is 0. The van der Waals surface area contributed by atoms with Gasteiger partial charge in [0.1, 0.15) is 11.6 Å². The van der Waals surface area contributed by atoms with Crippen LogP contribution >= 0.6 is 0 Å². The SMILES string of the molecule is COc1ccccc1CC(C)N(C)c1cccc(C)n1. The second kappa shape index (κ2) is 6.42. The maximum absolute atomic E-state index is 5.42. The fourth-order valence-electron chi connectivity index (χ4n) is 2.28. The molecule has 0 bridgehead atoms. The van der Waals surface area contributed by atoms with Crippen molar-refractivity contribution in [1.82, 2.24) is 4.98 Å². The molecule has 0 saturated carbocycles. The quantitative estimate of drug-likeness (QED) is 0.832. The van der Waals surface area contributed by atoms with Crippen LogP contribution in [-0.4, -0.2) is 25.2 Å². The molecule has 0 amide bonds. The highest BCUT2D eigenvalue weighted by Gasteiger charge is 2.14. The number of hydrogen-bond acceptors (Lipinski definition) is 3. The van der Waals surface area contributed by atoms with Crippen molar-refractivity contribution in [3.05, 3.63) is 53.7 Å². The number of pyridine rings is 1. The molecule has 0 spiro atoms. The van der Waals surface area contributed by atoms with Gasteiger partial charge in [-0.25, -0.2) is 4.98 Å². The molecule has 1 unspecified atom stereocenters. The van der Waals surface area contributed by atoms with E-state index in [2.05, 4.69) is 36.0 Å². The molecule has 1 heterocycles. The Morgan fingerprint density at radius 1 is 1.15 bits per heavy atom. The summed E-state index contributed by atoms with van der Waals surface area (Å²) in [6.07, 6.45) is 0.927. The van der Waals surface area contributed by atoms with E-state index in [4.69, 9.17) is 4.74 Å². The number of para-hydroxylation sites is 1. The lowest BCUT2D eigenvalue weighted by Gasteiger charge is -2.26. The Morgan fingerprint density at radius 2 is 1.90 bits per heavy atom. The van der Waals surface area contributed by atoms with Crippen LogP contribution in [0.5, 0.6) is 5.75 Å². The van der Waals surface area contributed by atoms with E-state index in [9.17, 15) is 0 Å². The highest BCUT2D eigenvalue weighted by molar-refractivity contribution is 5.41. The molecule has 0 saturated heterocycles. The van der Waals surface area contributed by atoms with Crippen molar-refractivity contribution in [2.45, 2.75) is 26.3 Å². The summed E-state index contributed by atoms with van der Waals surface area (Å²) in [6.45, 7) is 4.22. The molecule has 0 aliphatic carbocycles. The first-order chi connectivity index (χ1) is 9.61. The molecular formula is C17H22N2O. The van der Waals surface area contributed by atoms with E-state index in [1.807, 2.05) is 37.3 Å². The van der Waals surface area contributed by atoms with E-state index in [1.165, 1.54) is 5.56 Å². The lowest BCUT2D eigenvalue weighted by Crippen LogP contribution is -2.31. The second-order valence-electron chi connectivity index (χ2n) is 5.11. The third-order valence-electron chi connectivity index (χ3n) is 3.60. The van der Waals surface area contributed by atoms with Gasteiger partial charge in [0, 0.05) is 18.8 Å². The van der Waals surface area contributed by atoms with Crippen LogP contribution in [0.3, 0.4) is 0 Å². The Balaban J connectivity index is 2.13. The summed E-state index contributed by atoms with van der Waals surface area (Å²) in [7, 11) is 3.80. The number of nitrogens with zero attached hydrogens (tertiary/aromatic N) is 2. The molecule has 3 nitrogen and oxygen atoms in total. The van der Waals surface area contributed by atoms with Crippen LogP contribution in [0.4, 0.5) is 5.82 Å². The number of ether oxygens (including phenoxy) is 1. The highest BCUT2D eigenvalue weighted by Crippen LogP contribution is 2.22. The molecule has 3 heteroatoms. The highest BCUT2D eigenvalue weighted by atomic mass is 16.5. The smallest absolute Gasteiger partial charge is 0.128 e. The summed E-state index contributed by atoms with van der Waals surface area (Å²) < 4.78 is 5.42. The van der Waals surface area contributed by atoms with Crippen molar-refractivity contribution in [2.24, 2.45) is 0 Å². The first-order valence-electron chi connectivity index (χ1n) is 6.90. The first-order valence-corrected chi connectivity index (χ1v) is 6.90. The molecule has 0 N–H and O–H groups in total. The predicted octanol–water partition coefficient (Wildman–Crippen LogP) is 3.47. The molecule has 0 fully saturated rings. The molecule has 0 aliphatic rings. The summed E-state index contributed by atoms with van der Waals surface area (Å²) in [5, 5.41) is 0. The standard InChI is InChI=1S/C17H22N2O/c1-13-8-7-11-17(18-13)19(3)14(2)12-15-9-5-6-10-16(15)20-4/h5-11,14H,12H2,1-4H3. The number of anilines is 1. The number of methoxy groups -OCH3 is 1. The molecular weight excluding hydrogens is 248 g/mol. The number of benzene rings is 1. The Kier molecular flexibility index (Phi) is 4.61. The van der Waals surface area contributed by atoms with Gasteiger partial charge >= 0.3 is 0 Å². The Morgan fingerprint density at radius 3 is 2.60 bits per heavy atom. The van der Waals surface area contributed by atoms with E-state index in [-0.39, 0.29) is 0 Å². The van der Waals surface area contributed by atoms with Gasteiger partial charge in [-0.15, -0.1) is 0 Å². The predicted molar refractivity (Wildman–Crippen MR) is 83.5 cm³/mol. The maximum Gasteiger partial charge on any atom is 0.128 e. The lowest BCUT2D eigenvalue weighted by molar-refractivity contribution is 0.408. The number of aromatic nitrogens is 1. The van der Waals surface area contributed by atoms with Crippen LogP contribution in [-0.2, 0) is 6.42 Å². The van der Waals surface area contributed by atoms with Crippen molar-refractivity contribution in [3.8, 4) is 5.75 Å². The monoisotopic (exact) mass is 270 g/mol. The average molecular weight is 270 g/mol. The van der Waals surface area contributed by atoms with Crippen LogP contribution in [0.1, 0.15) is 18.2 Å². The minimum Gasteiger partial charge on any atom is -0.496 e. The number of rotatable bonds is 5. The Bertz CT molecular complexity index is 568. The Hall–Kier alpha value is -2.03. The van der Waals surface area contributed by atoms with E-state index >= 15 is 0 Å². The van der Waals surface area contributed by atoms with E-state index in [1.54, 1.807) is 7.11 Å². The van der Waals surface area contributed by atoms with Crippen LogP contribution in [0.15, 0.2) is 42.5 Å². The molecule has 1 aromatic carbocycles. The first kappa shape index (κ1) is 14.4. The van der Waals surface area contributed by atoms with Gasteiger partial charge in [0.15, 0.2) is 0 Å². The van der Waals surface area contributed by atoms with E-state index in [0.29, 0.717) is 6.04 Å². The molecule has 0 aliphatic heterocycles. The van der Waals surface area contributed by atoms with Crippen LogP contribution in [0, 0.1) is 6.92 Å². The van der Waals surface area contributed by atoms with Gasteiger partial charge in [-0.05, 0) is 44.0 Å². The van der Waals surface area contributed by atoms with Gasteiger partial charge < -0.3 is 9.64 Å². The van der Waals surface area contributed by atoms with Gasteiger partial charge in [-0.1, -0.05) is 24.3 Å². The Labute approximate surface area is 121 Å². The normalized spacial score (nSPS) is 12.0. The summed E-state index contributed by atoms with van der Waals surface area (Å²) in [6, 6.07) is 14.6. The zero-order chi connectivity index (χ0) is 14.5. The molecule has 20 heavy (non-hydrogen) atoms. The van der Waals surface area contributed by atoms with Crippen molar-refractivity contribution in [2.75, 3.05) is 19.1 Å². The third-order valence-corrected chi connectivity index (χ3v) is 3.60. The van der Waals surface area contributed by atoms with Crippen LogP contribution < -0.4 is 9.64 Å². The maximum atomic E-state index is 5.42. The number of likely N-dealkylation sites (N-methyl/N-ethyl adjacent to an activating group) is 1. The van der Waals surface area contributed by atoms with Crippen molar-refractivity contribution in [1.29, 1.82) is 0 Å². The van der Waals surface area contributed by atoms with Gasteiger partial charge in [-0.3, -0.25) is 0 Å². The van der Waals surface area contributed by atoms with Crippen molar-refractivity contribution < 1.29 is 4.74 Å². The van der Waals surface area contributed by atoms with Gasteiger partial charge in [0.2, 0.25) is 0 Å². The summed E-state index contributed by atoms with van der Waals surface area (Å²) in [4.78, 5) is 6.78. The largest absolute Gasteiger partial charge is 0.496 e. The molecule has 2 rings (SSSR count). The molecule has 106 valence electrons. The van der Waals surface area contributed by atoms with Gasteiger partial charge in [0.05, 0.1) is 7.11 Å². The van der Waals surface area contributed by atoms with Gasteiger partial charge in [-0.2, -0.15) is 0 Å². The molecule has 2 aromatic rings. The molecule has 1 aromatic heterocycles. The lowest BCUT2D eigenvalue weighted by atomic mass is 10.1. The van der Waals surface area contributed by atoms with E-state index in [0.717, 1.165) is 23.7 Å². The molecule has 1 atom stereocenters.